The Hall–Kier alpha value is -2.60. The molecule has 1 fully saturated rings. The number of carboxylic acid groups (broad SMARTS) is 1. The lowest BCUT2D eigenvalue weighted by molar-refractivity contribution is -0.145. The van der Waals surface area contributed by atoms with E-state index in [0.717, 1.165) is 29.7 Å². The number of carboxylic acids is 1. The summed E-state index contributed by atoms with van der Waals surface area (Å²) in [7, 11) is 0. The third-order valence-electron chi connectivity index (χ3n) is 5.26. The molecular weight excluding hydrogens is 368 g/mol. The molecule has 1 aliphatic heterocycles. The number of ether oxygens (including phenoxy) is 2. The lowest BCUT2D eigenvalue weighted by Crippen LogP contribution is -2.47. The van der Waals surface area contributed by atoms with Gasteiger partial charge in [-0.25, -0.2) is 0 Å². The fourth-order valence-electron chi connectivity index (χ4n) is 3.94. The van der Waals surface area contributed by atoms with Crippen molar-refractivity contribution in [3.05, 3.63) is 53.3 Å². The van der Waals surface area contributed by atoms with E-state index in [1.54, 1.807) is 0 Å². The molecule has 6 heteroatoms. The monoisotopic (exact) mass is 398 g/mol. The van der Waals surface area contributed by atoms with Crippen LogP contribution in [0, 0.1) is 6.92 Å². The number of hydrogen-bond donors (Lipinski definition) is 1. The summed E-state index contributed by atoms with van der Waals surface area (Å²) in [6, 6.07) is 9.09. The van der Waals surface area contributed by atoms with Crippen LogP contribution in [-0.2, 0) is 4.79 Å². The number of nitrogens with zero attached hydrogens (tertiary/aromatic N) is 2. The Morgan fingerprint density at radius 1 is 1.17 bits per heavy atom. The van der Waals surface area contributed by atoms with Gasteiger partial charge in [0.15, 0.2) is 11.5 Å². The summed E-state index contributed by atoms with van der Waals surface area (Å²) in [5, 5.41) is 9.84. The zero-order valence-corrected chi connectivity index (χ0v) is 17.4. The van der Waals surface area contributed by atoms with E-state index in [-0.39, 0.29) is 6.04 Å². The van der Waals surface area contributed by atoms with Gasteiger partial charge in [-0.2, -0.15) is 0 Å². The van der Waals surface area contributed by atoms with Crippen molar-refractivity contribution >= 4 is 5.97 Å². The van der Waals surface area contributed by atoms with Crippen molar-refractivity contribution in [3.8, 4) is 11.5 Å². The summed E-state index contributed by atoms with van der Waals surface area (Å²) < 4.78 is 11.5. The van der Waals surface area contributed by atoms with Gasteiger partial charge < -0.3 is 14.6 Å². The first-order valence-corrected chi connectivity index (χ1v) is 10.4. The Morgan fingerprint density at radius 2 is 1.93 bits per heavy atom. The zero-order valence-electron chi connectivity index (χ0n) is 17.4. The van der Waals surface area contributed by atoms with Crippen molar-refractivity contribution in [2.45, 2.75) is 52.1 Å². The van der Waals surface area contributed by atoms with Gasteiger partial charge in [0.25, 0.3) is 0 Å². The lowest BCUT2D eigenvalue weighted by Gasteiger charge is -2.39. The van der Waals surface area contributed by atoms with Crippen LogP contribution in [-0.4, -0.2) is 46.8 Å². The predicted octanol–water partition coefficient (Wildman–Crippen LogP) is 4.22. The molecule has 2 aromatic rings. The molecule has 1 saturated heterocycles. The minimum atomic E-state index is -0.780. The van der Waals surface area contributed by atoms with Crippen LogP contribution in [0.2, 0.25) is 0 Å². The summed E-state index contributed by atoms with van der Waals surface area (Å²) >= 11 is 0. The number of aromatic nitrogens is 1. The number of benzene rings is 1. The molecular formula is C23H30N2O4. The minimum absolute atomic E-state index is 0.258. The van der Waals surface area contributed by atoms with E-state index in [4.69, 9.17) is 9.47 Å². The Balaban J connectivity index is 2.08. The van der Waals surface area contributed by atoms with Gasteiger partial charge in [0.1, 0.15) is 6.04 Å². The molecule has 2 heterocycles. The van der Waals surface area contributed by atoms with Gasteiger partial charge in [0.05, 0.1) is 24.9 Å². The Kier molecular flexibility index (Phi) is 7.09. The van der Waals surface area contributed by atoms with Crippen molar-refractivity contribution in [2.75, 3.05) is 19.8 Å². The van der Waals surface area contributed by atoms with Crippen LogP contribution < -0.4 is 9.47 Å². The normalized spacial score (nSPS) is 18.2. The third-order valence-corrected chi connectivity index (χ3v) is 5.26. The molecule has 2 atom stereocenters. The molecule has 0 bridgehead atoms. The second-order valence-corrected chi connectivity index (χ2v) is 7.32. The van der Waals surface area contributed by atoms with E-state index in [9.17, 15) is 9.90 Å². The SMILES string of the molecule is CCOc1ccc(C(c2ccc(C)cn2)N2CCCCC2C(=O)O)cc1OCC. The number of likely N-dealkylation sites (tertiary alicyclic amines) is 1. The average molecular weight is 399 g/mol. The Labute approximate surface area is 172 Å². The maximum Gasteiger partial charge on any atom is 0.320 e. The number of piperidine rings is 1. The van der Waals surface area contributed by atoms with E-state index in [1.807, 2.05) is 57.3 Å². The fraction of sp³-hybridized carbons (Fsp3) is 0.478. The molecule has 6 nitrogen and oxygen atoms in total. The van der Waals surface area contributed by atoms with Crippen molar-refractivity contribution in [3.63, 3.8) is 0 Å². The average Bonchev–Trinajstić information content (AvgIpc) is 2.72. The highest BCUT2D eigenvalue weighted by atomic mass is 16.5. The van der Waals surface area contributed by atoms with Crippen molar-refractivity contribution in [1.29, 1.82) is 0 Å². The van der Waals surface area contributed by atoms with E-state index < -0.39 is 12.0 Å². The fourth-order valence-corrected chi connectivity index (χ4v) is 3.94. The molecule has 1 N–H and O–H groups in total. The van der Waals surface area contributed by atoms with Gasteiger partial charge in [0.2, 0.25) is 0 Å². The van der Waals surface area contributed by atoms with E-state index >= 15 is 0 Å². The van der Waals surface area contributed by atoms with Gasteiger partial charge in [-0.15, -0.1) is 0 Å². The molecule has 2 unspecified atom stereocenters. The zero-order chi connectivity index (χ0) is 20.8. The number of hydrogen-bond acceptors (Lipinski definition) is 5. The highest BCUT2D eigenvalue weighted by Crippen LogP contribution is 2.37. The van der Waals surface area contributed by atoms with Crippen LogP contribution in [0.15, 0.2) is 36.5 Å². The van der Waals surface area contributed by atoms with Gasteiger partial charge in [-0.1, -0.05) is 18.6 Å². The summed E-state index contributed by atoms with van der Waals surface area (Å²) in [5.74, 6) is 0.591. The summed E-state index contributed by atoms with van der Waals surface area (Å²) in [5.41, 5.74) is 2.87. The number of carbonyl (C=O) groups is 1. The second-order valence-electron chi connectivity index (χ2n) is 7.32. The third kappa shape index (κ3) is 4.88. The quantitative estimate of drug-likeness (QED) is 0.718. The van der Waals surface area contributed by atoms with Gasteiger partial charge >= 0.3 is 5.97 Å². The Morgan fingerprint density at radius 3 is 2.59 bits per heavy atom. The molecule has 0 aliphatic carbocycles. The van der Waals surface area contributed by atoms with Crippen molar-refractivity contribution in [2.24, 2.45) is 0 Å². The number of rotatable bonds is 8. The largest absolute Gasteiger partial charge is 0.490 e. The molecule has 0 amide bonds. The highest BCUT2D eigenvalue weighted by molar-refractivity contribution is 5.73. The summed E-state index contributed by atoms with van der Waals surface area (Å²) in [6.45, 7) is 7.67. The maximum absolute atomic E-state index is 12.0. The van der Waals surface area contributed by atoms with Gasteiger partial charge in [-0.3, -0.25) is 14.7 Å². The second kappa shape index (κ2) is 9.74. The molecule has 1 aromatic carbocycles. The van der Waals surface area contributed by atoms with Crippen LogP contribution in [0.3, 0.4) is 0 Å². The van der Waals surface area contributed by atoms with Crippen molar-refractivity contribution < 1.29 is 19.4 Å². The molecule has 0 spiro atoms. The van der Waals surface area contributed by atoms with Crippen LogP contribution in [0.5, 0.6) is 11.5 Å². The van der Waals surface area contributed by atoms with Crippen molar-refractivity contribution in [1.82, 2.24) is 9.88 Å². The van der Waals surface area contributed by atoms with Crippen LogP contribution in [0.25, 0.3) is 0 Å². The Bertz CT molecular complexity index is 822. The number of aliphatic carboxylic acids is 1. The first kappa shape index (κ1) is 21.1. The van der Waals surface area contributed by atoms with Gasteiger partial charge in [-0.05, 0) is 69.5 Å². The van der Waals surface area contributed by atoms with E-state index in [0.29, 0.717) is 37.7 Å². The number of aryl methyl sites for hydroxylation is 1. The maximum atomic E-state index is 12.0. The first-order valence-electron chi connectivity index (χ1n) is 10.4. The molecule has 0 radical (unpaired) electrons. The lowest BCUT2D eigenvalue weighted by atomic mass is 9.93. The van der Waals surface area contributed by atoms with E-state index in [1.165, 1.54) is 0 Å². The predicted molar refractivity (Wildman–Crippen MR) is 112 cm³/mol. The highest BCUT2D eigenvalue weighted by Gasteiger charge is 2.36. The number of pyridine rings is 1. The van der Waals surface area contributed by atoms with Crippen LogP contribution in [0.4, 0.5) is 0 Å². The molecule has 0 saturated carbocycles. The molecule has 156 valence electrons. The molecule has 1 aromatic heterocycles. The topological polar surface area (TPSA) is 71.9 Å². The van der Waals surface area contributed by atoms with Crippen LogP contribution in [0.1, 0.15) is 56.0 Å². The first-order chi connectivity index (χ1) is 14.0. The molecule has 1 aliphatic rings. The molecule has 29 heavy (non-hydrogen) atoms. The summed E-state index contributed by atoms with van der Waals surface area (Å²) in [6.07, 6.45) is 4.38. The van der Waals surface area contributed by atoms with Gasteiger partial charge in [0, 0.05) is 6.20 Å². The summed E-state index contributed by atoms with van der Waals surface area (Å²) in [4.78, 5) is 18.7. The smallest absolute Gasteiger partial charge is 0.320 e. The van der Waals surface area contributed by atoms with E-state index in [2.05, 4.69) is 9.88 Å². The molecule has 3 rings (SSSR count). The van der Waals surface area contributed by atoms with Crippen LogP contribution >= 0.6 is 0 Å². The minimum Gasteiger partial charge on any atom is -0.490 e. The standard InChI is InChI=1S/C23H30N2O4/c1-4-28-20-12-10-17(14-21(20)29-5-2)22(18-11-9-16(3)15-24-18)25-13-7-6-8-19(25)23(26)27/h9-12,14-15,19,22H,4-8,13H2,1-3H3,(H,26,27).